The number of aryl methyl sites for hydroxylation is 1. The highest BCUT2D eigenvalue weighted by Crippen LogP contribution is 2.32. The van der Waals surface area contributed by atoms with Gasteiger partial charge in [-0.25, -0.2) is 4.98 Å². The van der Waals surface area contributed by atoms with Crippen LogP contribution in [0.1, 0.15) is 24.5 Å². The third-order valence-electron chi connectivity index (χ3n) is 5.30. The van der Waals surface area contributed by atoms with Gasteiger partial charge in [-0.3, -0.25) is 14.4 Å². The lowest BCUT2D eigenvalue weighted by Crippen LogP contribution is -2.28. The summed E-state index contributed by atoms with van der Waals surface area (Å²) in [7, 11) is 0. The molecular formula is C22H22N4O3S. The fraction of sp³-hybridized carbons (Fsp3) is 0.273. The molecule has 3 amide bonds. The van der Waals surface area contributed by atoms with Crippen LogP contribution in [0.15, 0.2) is 36.4 Å². The number of thiazole rings is 1. The Morgan fingerprint density at radius 1 is 1.17 bits per heavy atom. The van der Waals surface area contributed by atoms with Gasteiger partial charge in [0.1, 0.15) is 0 Å². The van der Waals surface area contributed by atoms with Crippen molar-refractivity contribution in [2.24, 2.45) is 5.92 Å². The summed E-state index contributed by atoms with van der Waals surface area (Å²) >= 11 is 1.34. The van der Waals surface area contributed by atoms with E-state index in [0.717, 1.165) is 27.0 Å². The third-order valence-corrected chi connectivity index (χ3v) is 6.24. The molecule has 0 aliphatic carbocycles. The molecule has 1 aliphatic heterocycles. The summed E-state index contributed by atoms with van der Waals surface area (Å²) in [6, 6.07) is 11.2. The minimum absolute atomic E-state index is 0.0481. The zero-order chi connectivity index (χ0) is 21.4. The zero-order valence-corrected chi connectivity index (χ0v) is 17.8. The molecule has 0 saturated carbocycles. The highest BCUT2D eigenvalue weighted by molar-refractivity contribution is 7.22. The average Bonchev–Trinajstić information content (AvgIpc) is 3.26. The number of carbonyl (C=O) groups is 3. The fourth-order valence-corrected chi connectivity index (χ4v) is 4.52. The van der Waals surface area contributed by atoms with E-state index < -0.39 is 5.92 Å². The first kappa shape index (κ1) is 20.0. The molecule has 0 radical (unpaired) electrons. The number of amides is 3. The largest absolute Gasteiger partial charge is 0.326 e. The molecule has 1 fully saturated rings. The van der Waals surface area contributed by atoms with E-state index in [1.54, 1.807) is 17.0 Å². The van der Waals surface area contributed by atoms with Gasteiger partial charge in [-0.15, -0.1) is 0 Å². The van der Waals surface area contributed by atoms with Crippen LogP contribution >= 0.6 is 11.3 Å². The Morgan fingerprint density at radius 2 is 1.97 bits per heavy atom. The van der Waals surface area contributed by atoms with Gasteiger partial charge in [-0.2, -0.15) is 0 Å². The Hall–Kier alpha value is -3.26. The molecule has 2 heterocycles. The zero-order valence-electron chi connectivity index (χ0n) is 17.0. The lowest BCUT2D eigenvalue weighted by atomic mass is 10.1. The second-order valence-electron chi connectivity index (χ2n) is 7.50. The number of anilines is 3. The fourth-order valence-electron chi connectivity index (χ4n) is 3.61. The summed E-state index contributed by atoms with van der Waals surface area (Å²) in [5.41, 5.74) is 4.45. The summed E-state index contributed by atoms with van der Waals surface area (Å²) in [5.74, 6) is -0.837. The molecule has 30 heavy (non-hydrogen) atoms. The Labute approximate surface area is 178 Å². The monoisotopic (exact) mass is 422 g/mol. The van der Waals surface area contributed by atoms with Gasteiger partial charge in [0.2, 0.25) is 17.7 Å². The molecule has 4 rings (SSSR count). The van der Waals surface area contributed by atoms with Gasteiger partial charge < -0.3 is 15.5 Å². The number of hydrogen-bond acceptors (Lipinski definition) is 5. The summed E-state index contributed by atoms with van der Waals surface area (Å²) < 4.78 is 0.857. The molecule has 3 aromatic rings. The number of rotatable bonds is 4. The van der Waals surface area contributed by atoms with Crippen LogP contribution in [-0.4, -0.2) is 29.3 Å². The molecule has 154 valence electrons. The molecule has 0 unspecified atom stereocenters. The summed E-state index contributed by atoms with van der Waals surface area (Å²) in [6.07, 6.45) is 0.177. The molecule has 2 N–H and O–H groups in total. The van der Waals surface area contributed by atoms with Crippen LogP contribution < -0.4 is 15.5 Å². The molecular weight excluding hydrogens is 400 g/mol. The van der Waals surface area contributed by atoms with Gasteiger partial charge in [0.05, 0.1) is 16.1 Å². The van der Waals surface area contributed by atoms with Crippen LogP contribution in [0.25, 0.3) is 10.2 Å². The molecule has 1 saturated heterocycles. The second kappa shape index (κ2) is 7.87. The lowest BCUT2D eigenvalue weighted by molar-refractivity contribution is -0.122. The number of benzene rings is 2. The van der Waals surface area contributed by atoms with Crippen molar-refractivity contribution in [3.63, 3.8) is 0 Å². The molecule has 1 aromatic heterocycles. The van der Waals surface area contributed by atoms with Crippen molar-refractivity contribution >= 4 is 55.8 Å². The first-order chi connectivity index (χ1) is 14.3. The molecule has 1 aliphatic rings. The Morgan fingerprint density at radius 3 is 2.73 bits per heavy atom. The first-order valence-corrected chi connectivity index (χ1v) is 10.5. The quantitative estimate of drug-likeness (QED) is 0.668. The van der Waals surface area contributed by atoms with E-state index >= 15 is 0 Å². The maximum absolute atomic E-state index is 12.8. The van der Waals surface area contributed by atoms with Crippen molar-refractivity contribution in [3.8, 4) is 0 Å². The standard InChI is InChI=1S/C22H22N4O3S/c1-12-5-4-6-18(13(12)2)26-11-15(9-20(26)28)21(29)25-22-24-17-8-7-16(23-14(3)27)10-19(17)30-22/h4-8,10,15H,9,11H2,1-3H3,(H,23,27)(H,24,25,29)/t15-/m1/s1. The van der Waals surface area contributed by atoms with Crippen LogP contribution in [0.4, 0.5) is 16.5 Å². The van der Waals surface area contributed by atoms with Crippen molar-refractivity contribution in [1.82, 2.24) is 4.98 Å². The van der Waals surface area contributed by atoms with Crippen molar-refractivity contribution in [2.75, 3.05) is 22.1 Å². The van der Waals surface area contributed by atoms with Gasteiger partial charge in [0.15, 0.2) is 5.13 Å². The Bertz CT molecular complexity index is 1170. The van der Waals surface area contributed by atoms with Crippen LogP contribution in [0, 0.1) is 19.8 Å². The number of nitrogens with zero attached hydrogens (tertiary/aromatic N) is 2. The van der Waals surface area contributed by atoms with E-state index in [-0.39, 0.29) is 24.1 Å². The summed E-state index contributed by atoms with van der Waals surface area (Å²) in [5, 5.41) is 6.07. The summed E-state index contributed by atoms with van der Waals surface area (Å²) in [4.78, 5) is 42.7. The Kier molecular flexibility index (Phi) is 5.26. The van der Waals surface area contributed by atoms with E-state index in [1.165, 1.54) is 18.3 Å². The minimum Gasteiger partial charge on any atom is -0.326 e. The number of nitrogens with one attached hydrogen (secondary N) is 2. The normalized spacial score (nSPS) is 16.2. The van der Waals surface area contributed by atoms with Crippen LogP contribution in [0.3, 0.4) is 0 Å². The number of hydrogen-bond donors (Lipinski definition) is 2. The first-order valence-electron chi connectivity index (χ1n) is 9.67. The van der Waals surface area contributed by atoms with E-state index in [0.29, 0.717) is 17.4 Å². The Balaban J connectivity index is 1.48. The van der Waals surface area contributed by atoms with Crippen molar-refractivity contribution in [2.45, 2.75) is 27.2 Å². The van der Waals surface area contributed by atoms with Crippen molar-refractivity contribution < 1.29 is 14.4 Å². The van der Waals surface area contributed by atoms with E-state index in [2.05, 4.69) is 15.6 Å². The maximum atomic E-state index is 12.8. The molecule has 0 spiro atoms. The number of fused-ring (bicyclic) bond motifs is 1. The molecule has 2 aromatic carbocycles. The smallest absolute Gasteiger partial charge is 0.231 e. The minimum atomic E-state index is -0.431. The van der Waals surface area contributed by atoms with Gasteiger partial charge in [0.25, 0.3) is 0 Å². The van der Waals surface area contributed by atoms with Crippen LogP contribution in [0.5, 0.6) is 0 Å². The third kappa shape index (κ3) is 3.91. The second-order valence-corrected chi connectivity index (χ2v) is 8.53. The molecule has 1 atom stereocenters. The van der Waals surface area contributed by atoms with Crippen LogP contribution in [-0.2, 0) is 14.4 Å². The number of aromatic nitrogens is 1. The van der Waals surface area contributed by atoms with E-state index in [4.69, 9.17) is 0 Å². The van der Waals surface area contributed by atoms with Crippen molar-refractivity contribution in [3.05, 3.63) is 47.5 Å². The topological polar surface area (TPSA) is 91.4 Å². The molecule has 8 heteroatoms. The predicted molar refractivity (Wildman–Crippen MR) is 119 cm³/mol. The lowest BCUT2D eigenvalue weighted by Gasteiger charge is -2.20. The SMILES string of the molecule is CC(=O)Nc1ccc2nc(NC(=O)[C@@H]3CC(=O)N(c4cccc(C)c4C)C3)sc2c1. The van der Waals surface area contributed by atoms with Gasteiger partial charge in [-0.1, -0.05) is 23.5 Å². The maximum Gasteiger partial charge on any atom is 0.231 e. The highest BCUT2D eigenvalue weighted by atomic mass is 32.1. The summed E-state index contributed by atoms with van der Waals surface area (Å²) in [6.45, 7) is 5.80. The van der Waals surface area contributed by atoms with E-state index in [9.17, 15) is 14.4 Å². The number of carbonyl (C=O) groups excluding carboxylic acids is 3. The molecule has 7 nitrogen and oxygen atoms in total. The van der Waals surface area contributed by atoms with Gasteiger partial charge >= 0.3 is 0 Å². The predicted octanol–water partition coefficient (Wildman–Crippen LogP) is 3.86. The highest BCUT2D eigenvalue weighted by Gasteiger charge is 2.36. The van der Waals surface area contributed by atoms with Gasteiger partial charge in [-0.05, 0) is 49.2 Å². The van der Waals surface area contributed by atoms with Crippen LogP contribution in [0.2, 0.25) is 0 Å². The van der Waals surface area contributed by atoms with Crippen molar-refractivity contribution in [1.29, 1.82) is 0 Å². The van der Waals surface area contributed by atoms with Gasteiger partial charge in [0, 0.05) is 31.3 Å². The van der Waals surface area contributed by atoms with E-state index in [1.807, 2.05) is 38.1 Å². The molecule has 0 bridgehead atoms. The average molecular weight is 423 g/mol.